The molecular formula is C47H55N7O7. The predicted octanol–water partition coefficient (Wildman–Crippen LogP) is 4.14. The second kappa shape index (κ2) is 16.2. The van der Waals surface area contributed by atoms with Gasteiger partial charge in [0, 0.05) is 91.6 Å². The Morgan fingerprint density at radius 3 is 2.23 bits per heavy atom. The Morgan fingerprint density at radius 1 is 0.902 bits per heavy atom. The van der Waals surface area contributed by atoms with Crippen molar-refractivity contribution in [1.82, 2.24) is 20.4 Å². The van der Waals surface area contributed by atoms with Crippen LogP contribution in [0.25, 0.3) is 0 Å². The van der Waals surface area contributed by atoms with Gasteiger partial charge in [0.1, 0.15) is 17.9 Å². The van der Waals surface area contributed by atoms with Gasteiger partial charge in [-0.05, 0) is 91.6 Å². The summed E-state index contributed by atoms with van der Waals surface area (Å²) < 4.78 is 12.8. The highest BCUT2D eigenvalue weighted by molar-refractivity contribution is 6.13. The summed E-state index contributed by atoms with van der Waals surface area (Å²) in [6, 6.07) is 18.4. The van der Waals surface area contributed by atoms with Gasteiger partial charge in [-0.2, -0.15) is 5.26 Å². The van der Waals surface area contributed by atoms with E-state index in [-0.39, 0.29) is 54.2 Å². The van der Waals surface area contributed by atoms with Gasteiger partial charge in [0.2, 0.25) is 17.7 Å². The van der Waals surface area contributed by atoms with Gasteiger partial charge in [-0.15, -0.1) is 0 Å². The number of hydrogen-bond donors (Lipinski definition) is 2. The lowest BCUT2D eigenvalue weighted by Gasteiger charge is -2.63. The number of carbonyl (C=O) groups is 5. The molecule has 3 aromatic carbocycles. The van der Waals surface area contributed by atoms with Crippen molar-refractivity contribution < 1.29 is 33.4 Å². The predicted molar refractivity (Wildman–Crippen MR) is 228 cm³/mol. The first kappa shape index (κ1) is 41.9. The smallest absolute Gasteiger partial charge is 0.261 e. The number of ether oxygens (including phenoxy) is 2. The number of nitriles is 1. The molecule has 4 fully saturated rings. The van der Waals surface area contributed by atoms with Crippen molar-refractivity contribution in [3.63, 3.8) is 0 Å². The standard InChI is InChI=1S/C47H55N7O7/c1-28-21-34(22-29(2)37(28)25-48)61-45-46(3,4)44(47(45,5)6)50-41(57)30-7-9-32(10-8-30)53-19-20-60-35(27-53)26-51-15-17-52(18-16-51)33-11-12-36-31(23-33)24-40(56)54(43(36)59)38-13-14-39(55)49-42(38)58/h7-12,21-23,35,38,44-45H,13-20,24,26-27H2,1-6H3,(H,50,57)(H,49,55,58)/t35-,38?,44?,45?/m0/s1. The van der Waals surface area contributed by atoms with Crippen LogP contribution in [0, 0.1) is 36.0 Å². The third-order valence-corrected chi connectivity index (χ3v) is 13.5. The molecule has 320 valence electrons. The molecule has 8 rings (SSSR count). The molecule has 0 bridgehead atoms. The first-order valence-corrected chi connectivity index (χ1v) is 21.3. The van der Waals surface area contributed by atoms with Gasteiger partial charge in [0.25, 0.3) is 11.8 Å². The SMILES string of the molecule is Cc1cc(OC2C(C)(C)C(NC(=O)c3ccc(N4CCO[C@@H](CN5CCN(c6ccc7c(c6)CC(=O)N(C6CCC(=O)NC6=O)C7=O)CC5)C4)cc3)C2(C)C)cc(C)c1C#N. The second-order valence-corrected chi connectivity index (χ2v) is 18.4. The lowest BCUT2D eigenvalue weighted by atomic mass is 9.49. The van der Waals surface area contributed by atoms with E-state index in [1.165, 1.54) is 0 Å². The lowest BCUT2D eigenvalue weighted by Crippen LogP contribution is -2.74. The molecule has 61 heavy (non-hydrogen) atoms. The van der Waals surface area contributed by atoms with Crippen molar-refractivity contribution in [3.8, 4) is 11.8 Å². The number of piperazine rings is 1. The Hall–Kier alpha value is -5.78. The van der Waals surface area contributed by atoms with Crippen LogP contribution in [0.1, 0.15) is 83.5 Å². The van der Waals surface area contributed by atoms with Crippen LogP contribution in [0.5, 0.6) is 5.75 Å². The summed E-state index contributed by atoms with van der Waals surface area (Å²) in [7, 11) is 0. The number of benzene rings is 3. The van der Waals surface area contributed by atoms with Crippen LogP contribution in [0.15, 0.2) is 54.6 Å². The summed E-state index contributed by atoms with van der Waals surface area (Å²) in [5, 5.41) is 15.0. The molecule has 14 nitrogen and oxygen atoms in total. The number of hydrogen-bond acceptors (Lipinski definition) is 11. The average molecular weight is 830 g/mol. The molecule has 3 saturated heterocycles. The van der Waals surface area contributed by atoms with Crippen LogP contribution in [0.3, 0.4) is 0 Å². The maximum Gasteiger partial charge on any atom is 0.261 e. The van der Waals surface area contributed by atoms with E-state index in [9.17, 15) is 29.2 Å². The highest BCUT2D eigenvalue weighted by Crippen LogP contribution is 2.55. The molecule has 3 aromatic rings. The number of amides is 5. The molecule has 0 radical (unpaired) electrons. The Kier molecular flexibility index (Phi) is 11.2. The number of rotatable bonds is 9. The molecule has 0 aromatic heterocycles. The summed E-state index contributed by atoms with van der Waals surface area (Å²) in [5.41, 5.74) is 5.45. The van der Waals surface area contributed by atoms with Crippen LogP contribution < -0.4 is 25.2 Å². The minimum absolute atomic E-state index is 0.0201. The molecule has 0 spiro atoms. The first-order valence-electron chi connectivity index (χ1n) is 21.3. The molecule has 1 aliphatic carbocycles. The van der Waals surface area contributed by atoms with E-state index >= 15 is 0 Å². The monoisotopic (exact) mass is 829 g/mol. The van der Waals surface area contributed by atoms with E-state index in [1.807, 2.05) is 62.4 Å². The Morgan fingerprint density at radius 2 is 1.57 bits per heavy atom. The minimum Gasteiger partial charge on any atom is -0.489 e. The van der Waals surface area contributed by atoms with Crippen LogP contribution in [-0.4, -0.2) is 116 Å². The number of nitrogens with zero attached hydrogens (tertiary/aromatic N) is 5. The second-order valence-electron chi connectivity index (χ2n) is 18.4. The molecule has 5 amide bonds. The Bertz CT molecular complexity index is 2270. The van der Waals surface area contributed by atoms with E-state index in [0.29, 0.717) is 28.9 Å². The van der Waals surface area contributed by atoms with Gasteiger partial charge >= 0.3 is 0 Å². The zero-order valence-corrected chi connectivity index (χ0v) is 35.9. The third-order valence-electron chi connectivity index (χ3n) is 13.5. The molecule has 2 atom stereocenters. The van der Waals surface area contributed by atoms with Crippen molar-refractivity contribution in [2.45, 2.75) is 85.1 Å². The molecule has 2 N–H and O–H groups in total. The van der Waals surface area contributed by atoms with Crippen LogP contribution in [0.2, 0.25) is 0 Å². The number of fused-ring (bicyclic) bond motifs is 1. The van der Waals surface area contributed by atoms with E-state index in [2.05, 4.69) is 59.1 Å². The quantitative estimate of drug-likeness (QED) is 0.298. The topological polar surface area (TPSA) is 165 Å². The molecular weight excluding hydrogens is 775 g/mol. The minimum atomic E-state index is -0.968. The van der Waals surface area contributed by atoms with Crippen molar-refractivity contribution in [2.75, 3.05) is 62.2 Å². The number of anilines is 2. The molecule has 1 saturated carbocycles. The van der Waals surface area contributed by atoms with Crippen LogP contribution in [-0.2, 0) is 25.5 Å². The fourth-order valence-electron chi connectivity index (χ4n) is 10.5. The molecule has 5 aliphatic rings. The summed E-state index contributed by atoms with van der Waals surface area (Å²) in [6.07, 6.45) is 0.126. The number of aryl methyl sites for hydroxylation is 2. The third kappa shape index (κ3) is 7.97. The Labute approximate surface area is 357 Å². The number of piperidine rings is 1. The van der Waals surface area contributed by atoms with Crippen LogP contribution in [0.4, 0.5) is 11.4 Å². The van der Waals surface area contributed by atoms with Crippen molar-refractivity contribution in [1.29, 1.82) is 5.26 Å². The largest absolute Gasteiger partial charge is 0.489 e. The van der Waals surface area contributed by atoms with Gasteiger partial charge in [-0.25, -0.2) is 0 Å². The highest BCUT2D eigenvalue weighted by atomic mass is 16.5. The fraction of sp³-hybridized carbons (Fsp3) is 0.489. The maximum atomic E-state index is 13.6. The summed E-state index contributed by atoms with van der Waals surface area (Å²) >= 11 is 0. The molecule has 4 aliphatic heterocycles. The van der Waals surface area contributed by atoms with Gasteiger partial charge < -0.3 is 24.6 Å². The van der Waals surface area contributed by atoms with Crippen molar-refractivity contribution in [2.24, 2.45) is 10.8 Å². The molecule has 14 heteroatoms. The normalized spacial score (nSPS) is 25.0. The lowest BCUT2D eigenvalue weighted by molar-refractivity contribution is -0.164. The van der Waals surface area contributed by atoms with Gasteiger partial charge in [-0.1, -0.05) is 27.7 Å². The number of morpholine rings is 1. The summed E-state index contributed by atoms with van der Waals surface area (Å²) in [4.78, 5) is 72.2. The van der Waals surface area contributed by atoms with E-state index in [4.69, 9.17) is 9.47 Å². The first-order chi connectivity index (χ1) is 29.0. The number of carbonyl (C=O) groups excluding carboxylic acids is 5. The molecule has 4 heterocycles. The fourth-order valence-corrected chi connectivity index (χ4v) is 10.5. The maximum absolute atomic E-state index is 13.6. The zero-order valence-electron chi connectivity index (χ0n) is 35.9. The highest BCUT2D eigenvalue weighted by Gasteiger charge is 2.64. The van der Waals surface area contributed by atoms with Gasteiger partial charge in [0.05, 0.1) is 30.8 Å². The van der Waals surface area contributed by atoms with Gasteiger partial charge in [0.15, 0.2) is 0 Å². The number of imide groups is 2. The van der Waals surface area contributed by atoms with Gasteiger partial charge in [-0.3, -0.25) is 39.1 Å². The van der Waals surface area contributed by atoms with Crippen molar-refractivity contribution in [3.05, 3.63) is 88.0 Å². The van der Waals surface area contributed by atoms with E-state index in [1.54, 1.807) is 6.07 Å². The zero-order chi connectivity index (χ0) is 43.4. The Balaban J connectivity index is 0.819. The van der Waals surface area contributed by atoms with E-state index < -0.39 is 29.7 Å². The van der Waals surface area contributed by atoms with Crippen LogP contribution >= 0.6 is 0 Å². The summed E-state index contributed by atoms with van der Waals surface area (Å²) in [6.45, 7) is 18.5. The van der Waals surface area contributed by atoms with Crippen molar-refractivity contribution >= 4 is 40.9 Å². The summed E-state index contributed by atoms with van der Waals surface area (Å²) in [5.74, 6) is -1.31. The van der Waals surface area contributed by atoms with E-state index in [0.717, 1.165) is 79.0 Å². The molecule has 1 unspecified atom stereocenters. The average Bonchev–Trinajstić information content (AvgIpc) is 3.22. The number of nitrogens with one attached hydrogen (secondary N) is 2.